The van der Waals surface area contributed by atoms with E-state index in [0.717, 1.165) is 0 Å². The molecule has 0 spiro atoms. The summed E-state index contributed by atoms with van der Waals surface area (Å²) in [5, 5.41) is 0. The first-order chi connectivity index (χ1) is 38.8. The van der Waals surface area contributed by atoms with E-state index in [-0.39, 0.29) is 0 Å². The maximum Gasteiger partial charge on any atom is 0.312 e. The lowest BCUT2D eigenvalue weighted by atomic mass is 9.58. The zero-order valence-corrected chi connectivity index (χ0v) is 54.3. The Hall–Kier alpha value is -1.44. The van der Waals surface area contributed by atoms with Gasteiger partial charge in [0, 0.05) is 5.70 Å². The fraction of sp³-hybridized carbons (Fsp3) is 0.868. The van der Waals surface area contributed by atoms with Crippen LogP contribution in [0.2, 0.25) is 0 Å². The molecule has 456 valence electrons. The lowest BCUT2D eigenvalue weighted by molar-refractivity contribution is 0.522. The molecule has 0 saturated heterocycles. The summed E-state index contributed by atoms with van der Waals surface area (Å²) in [5.41, 5.74) is 1.36. The van der Waals surface area contributed by atoms with Crippen LogP contribution in [0.15, 0.2) is 60.3 Å². The summed E-state index contributed by atoms with van der Waals surface area (Å²) in [6, 6.07) is 0. The molecular formula is C76H144BN. The van der Waals surface area contributed by atoms with Crippen LogP contribution in [0.4, 0.5) is 0 Å². The van der Waals surface area contributed by atoms with Crippen LogP contribution in [-0.2, 0) is 0 Å². The third kappa shape index (κ3) is 56.4. The van der Waals surface area contributed by atoms with Gasteiger partial charge in [-0.15, -0.1) is 0 Å². The quantitative estimate of drug-likeness (QED) is 0.0433. The predicted octanol–water partition coefficient (Wildman–Crippen LogP) is 28.1. The van der Waals surface area contributed by atoms with Crippen molar-refractivity contribution in [1.82, 2.24) is 4.81 Å². The molecule has 0 bridgehead atoms. The summed E-state index contributed by atoms with van der Waals surface area (Å²) in [5.74, 6) is 4.90. The fourth-order valence-corrected chi connectivity index (χ4v) is 12.3. The molecule has 0 aromatic heterocycles. The highest BCUT2D eigenvalue weighted by atomic mass is 15.0. The number of unbranched alkanes of at least 4 members (excludes halogenated alkanes) is 60. The highest BCUT2D eigenvalue weighted by Crippen LogP contribution is 2.22. The second kappa shape index (κ2) is 66.4. The molecule has 0 saturated carbocycles. The third-order valence-corrected chi connectivity index (χ3v) is 17.8. The Labute approximate surface area is 494 Å². The van der Waals surface area contributed by atoms with Crippen LogP contribution in [0.1, 0.15) is 425 Å². The monoisotopic (exact) mass is 1080 g/mol. The van der Waals surface area contributed by atoms with E-state index in [2.05, 4.69) is 80.2 Å². The molecule has 0 aromatic rings. The first kappa shape index (κ1) is 74.6. The van der Waals surface area contributed by atoms with Crippen molar-refractivity contribution in [3.8, 4) is 0 Å². The second-order valence-electron chi connectivity index (χ2n) is 25.6. The molecule has 0 N–H and O–H groups in total. The molecular weight excluding hydrogens is 938 g/mol. The Morgan fingerprint density at radius 1 is 0.269 bits per heavy atom. The number of hydrogen-bond acceptors (Lipinski definition) is 1. The SMILES string of the molecule is CCCCCCCCCCCCCCCCCCCCCC/C=C/B1C=CC=C(/C=C/CCCCCCCCCCCCCCCCCCCCCC)N1/C=C/CCCCCCCCCCCCCCCCCCCCCC. The average Bonchev–Trinajstić information content (AvgIpc) is 3.46. The molecule has 78 heavy (non-hydrogen) atoms. The van der Waals surface area contributed by atoms with Crippen molar-refractivity contribution in [2.24, 2.45) is 0 Å². The fourth-order valence-electron chi connectivity index (χ4n) is 12.3. The standard InChI is InChI=1S/C76H144BN/c1-4-7-10-13-16-19-22-25-28-31-34-37-40-43-46-49-52-55-58-61-64-67-71-76-72-70-74-77(73-68-65-62-59-56-53-50-47-44-41-38-35-32-29-26-23-20-17-14-11-8-5-2)78(76)75-69-66-63-60-57-54-51-48-45-42-39-36-33-30-27-24-21-18-15-12-9-6-3/h67-75H,4-66H2,1-3H3/b71-67+,73-68+,75-69+. The van der Waals surface area contributed by atoms with E-state index in [9.17, 15) is 0 Å². The normalized spacial score (nSPS) is 13.0. The van der Waals surface area contributed by atoms with Gasteiger partial charge in [-0.05, 0) is 56.9 Å². The molecule has 1 aliphatic heterocycles. The zero-order valence-electron chi connectivity index (χ0n) is 54.3. The van der Waals surface area contributed by atoms with Gasteiger partial charge < -0.3 is 4.81 Å². The Morgan fingerprint density at radius 3 is 0.744 bits per heavy atom. The third-order valence-electron chi connectivity index (χ3n) is 17.8. The van der Waals surface area contributed by atoms with Crippen molar-refractivity contribution in [2.45, 2.75) is 425 Å². The maximum atomic E-state index is 2.55. The van der Waals surface area contributed by atoms with E-state index < -0.39 is 0 Å². The van der Waals surface area contributed by atoms with E-state index >= 15 is 0 Å². The van der Waals surface area contributed by atoms with Crippen LogP contribution < -0.4 is 0 Å². The van der Waals surface area contributed by atoms with Crippen LogP contribution in [0.3, 0.4) is 0 Å². The molecule has 0 amide bonds. The number of nitrogens with zero attached hydrogens (tertiary/aromatic N) is 1. The molecule has 2 heteroatoms. The first-order valence-corrected chi connectivity index (χ1v) is 37.0. The molecule has 1 aliphatic rings. The van der Waals surface area contributed by atoms with Crippen LogP contribution in [-0.4, -0.2) is 11.7 Å². The number of allylic oxidation sites excluding steroid dienone is 6. The van der Waals surface area contributed by atoms with Crippen LogP contribution >= 0.6 is 0 Å². The lowest BCUT2D eigenvalue weighted by Crippen LogP contribution is -2.33. The van der Waals surface area contributed by atoms with Crippen molar-refractivity contribution in [3.05, 3.63) is 60.3 Å². The lowest BCUT2D eigenvalue weighted by Gasteiger charge is -2.28. The molecule has 0 aromatic carbocycles. The second-order valence-corrected chi connectivity index (χ2v) is 25.6. The van der Waals surface area contributed by atoms with Crippen molar-refractivity contribution in [1.29, 1.82) is 0 Å². The van der Waals surface area contributed by atoms with Gasteiger partial charge in [0.2, 0.25) is 0 Å². The van der Waals surface area contributed by atoms with E-state index in [1.807, 2.05) is 0 Å². The number of hydrogen-bond donors (Lipinski definition) is 0. The summed E-state index contributed by atoms with van der Waals surface area (Å²) in [7, 11) is 0. The molecule has 1 heterocycles. The average molecular weight is 1080 g/mol. The minimum absolute atomic E-state index is 0.325. The van der Waals surface area contributed by atoms with Gasteiger partial charge in [0.1, 0.15) is 0 Å². The smallest absolute Gasteiger partial charge is 0.312 e. The van der Waals surface area contributed by atoms with Gasteiger partial charge in [0.15, 0.2) is 0 Å². The predicted molar refractivity (Wildman–Crippen MR) is 360 cm³/mol. The van der Waals surface area contributed by atoms with Crippen molar-refractivity contribution in [3.63, 3.8) is 0 Å². The highest BCUT2D eigenvalue weighted by Gasteiger charge is 2.19. The van der Waals surface area contributed by atoms with Gasteiger partial charge in [-0.25, -0.2) is 0 Å². The summed E-state index contributed by atoms with van der Waals surface area (Å²) in [6.45, 7) is 7.27. The zero-order chi connectivity index (χ0) is 55.6. The summed E-state index contributed by atoms with van der Waals surface area (Å²) in [6.07, 6.45) is 107. The minimum atomic E-state index is 0.325. The van der Waals surface area contributed by atoms with E-state index in [4.69, 9.17) is 0 Å². The molecule has 0 aliphatic carbocycles. The molecule has 1 nitrogen and oxygen atoms in total. The van der Waals surface area contributed by atoms with Crippen LogP contribution in [0, 0.1) is 0 Å². The van der Waals surface area contributed by atoms with Gasteiger partial charge >= 0.3 is 6.85 Å². The van der Waals surface area contributed by atoms with E-state index in [0.29, 0.717) is 6.85 Å². The maximum absolute atomic E-state index is 2.55. The number of rotatable bonds is 66. The van der Waals surface area contributed by atoms with Crippen LogP contribution in [0.5, 0.6) is 0 Å². The molecule has 0 unspecified atom stereocenters. The Kier molecular flexibility index (Phi) is 63.5. The van der Waals surface area contributed by atoms with Gasteiger partial charge in [-0.3, -0.25) is 0 Å². The Morgan fingerprint density at radius 2 is 0.487 bits per heavy atom. The topological polar surface area (TPSA) is 3.24 Å². The van der Waals surface area contributed by atoms with Crippen molar-refractivity contribution < 1.29 is 0 Å². The summed E-state index contributed by atoms with van der Waals surface area (Å²) in [4.78, 5) is 2.55. The molecule has 0 atom stereocenters. The molecule has 0 radical (unpaired) electrons. The van der Waals surface area contributed by atoms with E-state index in [1.54, 1.807) is 0 Å². The highest BCUT2D eigenvalue weighted by molar-refractivity contribution is 6.67. The Balaban J connectivity index is 2.29. The van der Waals surface area contributed by atoms with Gasteiger partial charge in [-0.1, -0.05) is 423 Å². The molecule has 0 fully saturated rings. The van der Waals surface area contributed by atoms with Crippen molar-refractivity contribution >= 4 is 6.85 Å². The van der Waals surface area contributed by atoms with Gasteiger partial charge in [0.05, 0.1) is 0 Å². The minimum Gasteiger partial charge on any atom is -0.384 e. The van der Waals surface area contributed by atoms with Gasteiger partial charge in [-0.2, -0.15) is 0 Å². The Bertz CT molecular complexity index is 1270. The summed E-state index contributed by atoms with van der Waals surface area (Å²) < 4.78 is 0. The largest absolute Gasteiger partial charge is 0.384 e. The van der Waals surface area contributed by atoms with Crippen LogP contribution in [0.25, 0.3) is 0 Å². The first-order valence-electron chi connectivity index (χ1n) is 37.0. The van der Waals surface area contributed by atoms with Gasteiger partial charge in [0.25, 0.3) is 0 Å². The van der Waals surface area contributed by atoms with Crippen molar-refractivity contribution in [2.75, 3.05) is 0 Å². The van der Waals surface area contributed by atoms with E-state index in [1.165, 1.54) is 410 Å². The summed E-state index contributed by atoms with van der Waals surface area (Å²) >= 11 is 0. The molecule has 1 rings (SSSR count).